The number of hydrogen-bond donors (Lipinski definition) is 2. The highest BCUT2D eigenvalue weighted by molar-refractivity contribution is 7.92. The molecule has 2 aliphatic heterocycles. The van der Waals surface area contributed by atoms with Gasteiger partial charge in [0, 0.05) is 31.5 Å². The number of thiazole rings is 1. The molecule has 2 atom stereocenters. The molecule has 13 heteroatoms. The van der Waals surface area contributed by atoms with Crippen molar-refractivity contribution in [1.82, 2.24) is 25.2 Å². The number of pyridine rings is 2. The lowest BCUT2D eigenvalue weighted by molar-refractivity contribution is 0.0795. The summed E-state index contributed by atoms with van der Waals surface area (Å²) in [6, 6.07) is 5.27. The van der Waals surface area contributed by atoms with Crippen molar-refractivity contribution in [3.63, 3.8) is 0 Å². The second-order valence-electron chi connectivity index (χ2n) is 13.3. The van der Waals surface area contributed by atoms with Crippen LogP contribution in [0.5, 0.6) is 0 Å². The molecule has 5 heterocycles. The van der Waals surface area contributed by atoms with Crippen molar-refractivity contribution >= 4 is 43.4 Å². The van der Waals surface area contributed by atoms with Gasteiger partial charge >= 0.3 is 0 Å². The Bertz CT molecular complexity index is 1600. The fourth-order valence-electron chi connectivity index (χ4n) is 6.37. The van der Waals surface area contributed by atoms with Gasteiger partial charge in [0.2, 0.25) is 0 Å². The van der Waals surface area contributed by atoms with Gasteiger partial charge in [0.1, 0.15) is 16.2 Å². The number of amides is 1. The molecule has 2 saturated heterocycles. The number of fused-ring (bicyclic) bond motifs is 2. The molecular weight excluding hydrogens is 601 g/mol. The van der Waals surface area contributed by atoms with Crippen molar-refractivity contribution in [3.05, 3.63) is 46.2 Å². The highest BCUT2D eigenvalue weighted by Gasteiger charge is 2.31. The third-order valence-electron chi connectivity index (χ3n) is 9.20. The molecule has 2 fully saturated rings. The zero-order chi connectivity index (χ0) is 31.1. The van der Waals surface area contributed by atoms with Gasteiger partial charge in [-0.2, -0.15) is 0 Å². The van der Waals surface area contributed by atoms with Gasteiger partial charge in [0.05, 0.1) is 25.3 Å². The van der Waals surface area contributed by atoms with Crippen LogP contribution in [-0.4, -0.2) is 84.1 Å². The first kappa shape index (κ1) is 31.3. The quantitative estimate of drug-likeness (QED) is 0.395. The van der Waals surface area contributed by atoms with E-state index in [0.29, 0.717) is 29.8 Å². The molecule has 238 valence electrons. The first-order chi connectivity index (χ1) is 21.0. The van der Waals surface area contributed by atoms with Crippen molar-refractivity contribution in [2.45, 2.75) is 71.4 Å². The normalized spacial score (nSPS) is 22.1. The predicted molar refractivity (Wildman–Crippen MR) is 170 cm³/mol. The van der Waals surface area contributed by atoms with Gasteiger partial charge in [0.15, 0.2) is 10.9 Å². The summed E-state index contributed by atoms with van der Waals surface area (Å²) >= 11 is 1.32. The fourth-order valence-corrected chi connectivity index (χ4v) is 8.41. The molecule has 2 N–H and O–H groups in total. The Hall–Kier alpha value is -2.71. The van der Waals surface area contributed by atoms with E-state index in [1.807, 2.05) is 6.07 Å². The number of sulfonamides is 1. The molecule has 11 nitrogen and oxygen atoms in total. The topological polar surface area (TPSA) is 138 Å². The minimum Gasteiger partial charge on any atom is -0.393 e. The summed E-state index contributed by atoms with van der Waals surface area (Å²) in [5.41, 5.74) is 4.12. The molecule has 6 rings (SSSR count). The summed E-state index contributed by atoms with van der Waals surface area (Å²) in [4.78, 5) is 30.8. The second-order valence-corrected chi connectivity index (χ2v) is 16.1. The number of aliphatic hydroxyl groups excluding tert-OH is 1. The van der Waals surface area contributed by atoms with E-state index < -0.39 is 10.0 Å². The number of anilines is 1. The summed E-state index contributed by atoms with van der Waals surface area (Å²) in [7, 11) is -3.58. The van der Waals surface area contributed by atoms with Crippen LogP contribution in [0.2, 0.25) is 0 Å². The number of aliphatic hydroxyl groups is 1. The highest BCUT2D eigenvalue weighted by Crippen LogP contribution is 2.38. The lowest BCUT2D eigenvalue weighted by atomic mass is 9.71. The molecule has 0 aromatic carbocycles. The number of likely N-dealkylation sites (tertiary alicyclic amines) is 1. The zero-order valence-corrected chi connectivity index (χ0v) is 27.3. The van der Waals surface area contributed by atoms with Gasteiger partial charge in [-0.3, -0.25) is 4.79 Å². The summed E-state index contributed by atoms with van der Waals surface area (Å²) in [5, 5.41) is 13.5. The van der Waals surface area contributed by atoms with Crippen LogP contribution < -0.4 is 9.62 Å². The Kier molecular flexibility index (Phi) is 8.95. The van der Waals surface area contributed by atoms with Gasteiger partial charge in [-0.25, -0.2) is 27.7 Å². The molecule has 1 amide bonds. The van der Waals surface area contributed by atoms with E-state index in [1.165, 1.54) is 21.2 Å². The molecule has 0 bridgehead atoms. The largest absolute Gasteiger partial charge is 0.393 e. The van der Waals surface area contributed by atoms with E-state index >= 15 is 0 Å². The van der Waals surface area contributed by atoms with E-state index in [1.54, 1.807) is 12.3 Å². The number of aromatic nitrogens is 3. The Balaban J connectivity index is 1.21. The standard InChI is InChI=1S/C31H42N6O5S2/c1-31(2,3)22-5-6-24-21(16-22)17-26-29(34-24)43-30(35-26)28(39)33-25(10-13-36-11-8-23(38)9-12-36)20-4-7-27(32-18-20)37-14-15-42-19-44(37,40)41/h4,7,17-18,22-23,25,38H,5-6,8-16,19H2,1-3H3,(H,33,39)/t22?,25-/m1/s1. The SMILES string of the molecule is CC(C)(C)C1CCc2nc3sc(C(=O)N[C@H](CCN4CCC(O)CC4)c4ccc(N5CCOCS5(=O)=O)nc4)nc3cc2C1. The monoisotopic (exact) mass is 642 g/mol. The molecule has 0 spiro atoms. The first-order valence-corrected chi connectivity index (χ1v) is 17.9. The van der Waals surface area contributed by atoms with Crippen LogP contribution >= 0.6 is 11.3 Å². The number of carbonyl (C=O) groups excluding carboxylic acids is 1. The van der Waals surface area contributed by atoms with Crippen LogP contribution in [0.3, 0.4) is 0 Å². The van der Waals surface area contributed by atoms with Gasteiger partial charge < -0.3 is 20.1 Å². The summed E-state index contributed by atoms with van der Waals surface area (Å²) in [5.74, 6) is 0.291. The number of nitrogens with one attached hydrogen (secondary N) is 1. The van der Waals surface area contributed by atoms with Crippen molar-refractivity contribution in [2.24, 2.45) is 11.3 Å². The maximum Gasteiger partial charge on any atom is 0.280 e. The molecular formula is C31H42N6O5S2. The van der Waals surface area contributed by atoms with Gasteiger partial charge in [-0.15, -0.1) is 0 Å². The van der Waals surface area contributed by atoms with Crippen LogP contribution in [0.25, 0.3) is 10.3 Å². The van der Waals surface area contributed by atoms with Crippen molar-refractivity contribution in [1.29, 1.82) is 0 Å². The molecule has 1 unspecified atom stereocenters. The lowest BCUT2D eigenvalue weighted by Crippen LogP contribution is -2.41. The molecule has 1 aliphatic carbocycles. The third kappa shape index (κ3) is 6.91. The fraction of sp³-hybridized carbons (Fsp3) is 0.613. The van der Waals surface area contributed by atoms with E-state index in [0.717, 1.165) is 73.3 Å². The number of nitrogens with zero attached hydrogens (tertiary/aromatic N) is 5. The van der Waals surface area contributed by atoms with Gasteiger partial charge in [-0.05, 0) is 73.1 Å². The average Bonchev–Trinajstić information content (AvgIpc) is 3.41. The van der Waals surface area contributed by atoms with Crippen LogP contribution in [-0.2, 0) is 27.6 Å². The van der Waals surface area contributed by atoms with E-state index in [4.69, 9.17) is 14.7 Å². The summed E-state index contributed by atoms with van der Waals surface area (Å²) in [6.07, 6.45) is 6.52. The Labute approximate surface area is 263 Å². The van der Waals surface area contributed by atoms with Crippen molar-refractivity contribution in [2.75, 3.05) is 43.0 Å². The Morgan fingerprint density at radius 3 is 2.68 bits per heavy atom. The average molecular weight is 643 g/mol. The zero-order valence-electron chi connectivity index (χ0n) is 25.7. The van der Waals surface area contributed by atoms with Crippen molar-refractivity contribution < 1.29 is 23.1 Å². The first-order valence-electron chi connectivity index (χ1n) is 15.5. The number of piperidine rings is 1. The highest BCUT2D eigenvalue weighted by atomic mass is 32.2. The van der Waals surface area contributed by atoms with E-state index in [2.05, 4.69) is 42.0 Å². The van der Waals surface area contributed by atoms with Crippen LogP contribution in [0, 0.1) is 11.3 Å². The Morgan fingerprint density at radius 2 is 1.98 bits per heavy atom. The van der Waals surface area contributed by atoms with Gasteiger partial charge in [-0.1, -0.05) is 38.2 Å². The van der Waals surface area contributed by atoms with Crippen LogP contribution in [0.15, 0.2) is 24.4 Å². The van der Waals surface area contributed by atoms with Crippen molar-refractivity contribution in [3.8, 4) is 0 Å². The smallest absolute Gasteiger partial charge is 0.280 e. The molecule has 3 aromatic rings. The van der Waals surface area contributed by atoms with Gasteiger partial charge in [0.25, 0.3) is 15.9 Å². The molecule has 3 aliphatic rings. The minimum atomic E-state index is -3.58. The van der Waals surface area contributed by atoms with E-state index in [9.17, 15) is 18.3 Å². The number of carbonyl (C=O) groups is 1. The number of hydrogen-bond acceptors (Lipinski definition) is 10. The predicted octanol–water partition coefficient (Wildman–Crippen LogP) is 3.68. The maximum absolute atomic E-state index is 13.6. The van der Waals surface area contributed by atoms with Crippen LogP contribution in [0.4, 0.5) is 5.82 Å². The molecule has 3 aromatic heterocycles. The van der Waals surface area contributed by atoms with E-state index in [-0.39, 0.29) is 36.0 Å². The summed E-state index contributed by atoms with van der Waals surface area (Å²) < 4.78 is 31.4. The number of rotatable bonds is 7. The third-order valence-corrected chi connectivity index (χ3v) is 11.7. The Morgan fingerprint density at radius 1 is 1.18 bits per heavy atom. The second kappa shape index (κ2) is 12.6. The maximum atomic E-state index is 13.6. The van der Waals surface area contributed by atoms with Crippen LogP contribution in [0.1, 0.15) is 79.1 Å². The minimum absolute atomic E-state index is 0.210. The molecule has 0 saturated carbocycles. The number of ether oxygens (including phenoxy) is 1. The lowest BCUT2D eigenvalue weighted by Gasteiger charge is -2.34. The molecule has 0 radical (unpaired) electrons. The molecule has 44 heavy (non-hydrogen) atoms. The number of aryl methyl sites for hydroxylation is 1. The summed E-state index contributed by atoms with van der Waals surface area (Å²) in [6.45, 7) is 9.73.